The van der Waals surface area contributed by atoms with Crippen molar-refractivity contribution >= 4 is 5.57 Å². The minimum atomic E-state index is -0.825. The van der Waals surface area contributed by atoms with Crippen LogP contribution in [0.2, 0.25) is 0 Å². The molecule has 3 rings (SSSR count). The smallest absolute Gasteiger partial charge is 0.118 e. The minimum absolute atomic E-state index is 0.0574. The Morgan fingerprint density at radius 2 is 1.61 bits per heavy atom. The van der Waals surface area contributed by atoms with Crippen LogP contribution in [-0.2, 0) is 5.60 Å². The zero-order valence-corrected chi connectivity index (χ0v) is 14.0. The molecule has 0 radical (unpaired) electrons. The third-order valence-corrected chi connectivity index (χ3v) is 4.57. The van der Waals surface area contributed by atoms with Crippen molar-refractivity contribution in [3.63, 3.8) is 0 Å². The Kier molecular flexibility index (Phi) is 4.03. The predicted molar refractivity (Wildman–Crippen MR) is 94.3 cm³/mol. The topological polar surface area (TPSA) is 29.5 Å². The highest BCUT2D eigenvalue weighted by atomic mass is 16.5. The number of benzene rings is 2. The molecule has 0 saturated carbocycles. The summed E-state index contributed by atoms with van der Waals surface area (Å²) in [6.45, 7) is 4.37. The van der Waals surface area contributed by atoms with Gasteiger partial charge in [-0.2, -0.15) is 0 Å². The molecule has 1 atom stereocenters. The molecule has 0 saturated heterocycles. The summed E-state index contributed by atoms with van der Waals surface area (Å²) in [4.78, 5) is 0. The normalized spacial score (nSPS) is 23.2. The Hall–Kier alpha value is -2.06. The first-order chi connectivity index (χ1) is 10.9. The Balaban J connectivity index is 1.99. The van der Waals surface area contributed by atoms with Gasteiger partial charge in [-0.25, -0.2) is 0 Å². The van der Waals surface area contributed by atoms with E-state index in [1.807, 2.05) is 42.5 Å². The molecular formula is C21H24O2. The monoisotopic (exact) mass is 308 g/mol. The third kappa shape index (κ3) is 3.32. The number of aliphatic hydroxyl groups is 1. The van der Waals surface area contributed by atoms with E-state index in [4.69, 9.17) is 4.74 Å². The summed E-state index contributed by atoms with van der Waals surface area (Å²) in [5, 5.41) is 11.3. The molecule has 23 heavy (non-hydrogen) atoms. The number of hydrogen-bond donors (Lipinski definition) is 1. The maximum absolute atomic E-state index is 11.3. The summed E-state index contributed by atoms with van der Waals surface area (Å²) >= 11 is 0. The highest BCUT2D eigenvalue weighted by Crippen LogP contribution is 2.47. The lowest BCUT2D eigenvalue weighted by molar-refractivity contribution is 0.00187. The van der Waals surface area contributed by atoms with Crippen LogP contribution in [0.25, 0.3) is 5.57 Å². The van der Waals surface area contributed by atoms with E-state index in [-0.39, 0.29) is 5.41 Å². The molecule has 0 aromatic heterocycles. The standard InChI is InChI=1S/C21H24O2/c1-20(2)13-17(16-9-11-19(23-3)12-10-16)14-21(22,15-20)18-7-5-4-6-8-18/h4-13,22H,14-15H2,1-3H3. The average Bonchev–Trinajstić information content (AvgIpc) is 2.54. The van der Waals surface area contributed by atoms with Crippen LogP contribution in [0, 0.1) is 5.41 Å². The number of ether oxygens (including phenoxy) is 1. The SMILES string of the molecule is COc1ccc(C2=CC(C)(C)CC(O)(c3ccccc3)C2)cc1. The van der Waals surface area contributed by atoms with Gasteiger partial charge in [0.25, 0.3) is 0 Å². The largest absolute Gasteiger partial charge is 0.497 e. The minimum Gasteiger partial charge on any atom is -0.497 e. The van der Waals surface area contributed by atoms with Gasteiger partial charge in [0.1, 0.15) is 5.75 Å². The van der Waals surface area contributed by atoms with Gasteiger partial charge in [0, 0.05) is 6.42 Å². The fourth-order valence-corrected chi connectivity index (χ4v) is 3.65. The van der Waals surface area contributed by atoms with Crippen molar-refractivity contribution in [2.24, 2.45) is 5.41 Å². The summed E-state index contributed by atoms with van der Waals surface area (Å²) in [5.74, 6) is 0.850. The van der Waals surface area contributed by atoms with Crippen molar-refractivity contribution in [1.29, 1.82) is 0 Å². The Morgan fingerprint density at radius 3 is 2.22 bits per heavy atom. The maximum atomic E-state index is 11.3. The Morgan fingerprint density at radius 1 is 0.957 bits per heavy atom. The molecular weight excluding hydrogens is 284 g/mol. The van der Waals surface area contributed by atoms with Crippen molar-refractivity contribution < 1.29 is 9.84 Å². The molecule has 0 fully saturated rings. The van der Waals surface area contributed by atoms with Gasteiger partial charge >= 0.3 is 0 Å². The lowest BCUT2D eigenvalue weighted by Crippen LogP contribution is -2.35. The third-order valence-electron chi connectivity index (χ3n) is 4.57. The van der Waals surface area contributed by atoms with Crippen molar-refractivity contribution in [2.45, 2.75) is 32.3 Å². The van der Waals surface area contributed by atoms with Gasteiger partial charge in [0.05, 0.1) is 12.7 Å². The van der Waals surface area contributed by atoms with Crippen molar-refractivity contribution in [3.8, 4) is 5.75 Å². The lowest BCUT2D eigenvalue weighted by atomic mass is 9.68. The summed E-state index contributed by atoms with van der Waals surface area (Å²) in [7, 11) is 1.67. The van der Waals surface area contributed by atoms with E-state index in [0.717, 1.165) is 23.3 Å². The molecule has 2 aromatic rings. The van der Waals surface area contributed by atoms with Crippen LogP contribution < -0.4 is 4.74 Å². The van der Waals surface area contributed by atoms with E-state index in [1.54, 1.807) is 7.11 Å². The molecule has 1 N–H and O–H groups in total. The van der Waals surface area contributed by atoms with Gasteiger partial charge in [-0.1, -0.05) is 62.4 Å². The van der Waals surface area contributed by atoms with Crippen molar-refractivity contribution in [3.05, 3.63) is 71.8 Å². The predicted octanol–water partition coefficient (Wildman–Crippen LogP) is 4.79. The second kappa shape index (κ2) is 5.86. The zero-order chi connectivity index (χ0) is 16.5. The van der Waals surface area contributed by atoms with Crippen LogP contribution in [-0.4, -0.2) is 12.2 Å². The highest BCUT2D eigenvalue weighted by Gasteiger charge is 2.40. The van der Waals surface area contributed by atoms with Crippen LogP contribution in [0.15, 0.2) is 60.7 Å². The molecule has 1 aliphatic carbocycles. The summed E-state index contributed by atoms with van der Waals surface area (Å²) < 4.78 is 5.24. The van der Waals surface area contributed by atoms with Gasteiger partial charge in [0.2, 0.25) is 0 Å². The van der Waals surface area contributed by atoms with Crippen LogP contribution >= 0.6 is 0 Å². The molecule has 0 bridgehead atoms. The van der Waals surface area contributed by atoms with Crippen LogP contribution in [0.3, 0.4) is 0 Å². The molecule has 0 amide bonds. The maximum Gasteiger partial charge on any atom is 0.118 e. The summed E-state index contributed by atoms with van der Waals surface area (Å²) in [6, 6.07) is 18.1. The van der Waals surface area contributed by atoms with E-state index < -0.39 is 5.60 Å². The quantitative estimate of drug-likeness (QED) is 0.883. The van der Waals surface area contributed by atoms with Crippen molar-refractivity contribution in [1.82, 2.24) is 0 Å². The Bertz CT molecular complexity index is 698. The van der Waals surface area contributed by atoms with E-state index in [1.165, 1.54) is 5.57 Å². The van der Waals surface area contributed by atoms with Gasteiger partial charge < -0.3 is 9.84 Å². The second-order valence-electron chi connectivity index (χ2n) is 7.14. The van der Waals surface area contributed by atoms with E-state index in [9.17, 15) is 5.11 Å². The van der Waals surface area contributed by atoms with Crippen LogP contribution in [0.5, 0.6) is 5.75 Å². The molecule has 1 unspecified atom stereocenters. The zero-order valence-electron chi connectivity index (χ0n) is 14.0. The van der Waals surface area contributed by atoms with E-state index in [0.29, 0.717) is 6.42 Å². The first-order valence-corrected chi connectivity index (χ1v) is 8.06. The molecule has 1 aliphatic rings. The van der Waals surface area contributed by atoms with Crippen LogP contribution in [0.4, 0.5) is 0 Å². The van der Waals surface area contributed by atoms with Gasteiger partial charge in [-0.15, -0.1) is 0 Å². The van der Waals surface area contributed by atoms with E-state index in [2.05, 4.69) is 32.1 Å². The number of hydrogen-bond acceptors (Lipinski definition) is 2. The van der Waals surface area contributed by atoms with Gasteiger partial charge in [0.15, 0.2) is 0 Å². The molecule has 0 heterocycles. The summed E-state index contributed by atoms with van der Waals surface area (Å²) in [5.41, 5.74) is 2.45. The fraction of sp³-hybridized carbons (Fsp3) is 0.333. The van der Waals surface area contributed by atoms with Gasteiger partial charge in [-0.05, 0) is 40.7 Å². The average molecular weight is 308 g/mol. The fourth-order valence-electron chi connectivity index (χ4n) is 3.65. The first kappa shape index (κ1) is 15.8. The molecule has 2 heteroatoms. The first-order valence-electron chi connectivity index (χ1n) is 8.06. The molecule has 2 aromatic carbocycles. The molecule has 120 valence electrons. The Labute approximate surface area is 138 Å². The van der Waals surface area contributed by atoms with E-state index >= 15 is 0 Å². The molecule has 2 nitrogen and oxygen atoms in total. The summed E-state index contributed by atoms with van der Waals surface area (Å²) in [6.07, 6.45) is 3.66. The highest BCUT2D eigenvalue weighted by molar-refractivity contribution is 5.69. The lowest BCUT2D eigenvalue weighted by Gasteiger charge is -2.41. The number of allylic oxidation sites excluding steroid dienone is 1. The van der Waals surface area contributed by atoms with Crippen molar-refractivity contribution in [2.75, 3.05) is 7.11 Å². The number of methoxy groups -OCH3 is 1. The van der Waals surface area contributed by atoms with Gasteiger partial charge in [-0.3, -0.25) is 0 Å². The van der Waals surface area contributed by atoms with Crippen LogP contribution in [0.1, 0.15) is 37.8 Å². The second-order valence-corrected chi connectivity index (χ2v) is 7.14. The molecule has 0 spiro atoms. The number of rotatable bonds is 3. The molecule has 0 aliphatic heterocycles.